The van der Waals surface area contributed by atoms with Crippen molar-refractivity contribution in [2.24, 2.45) is 0 Å². The van der Waals surface area contributed by atoms with E-state index in [2.05, 4.69) is 21.2 Å². The lowest BCUT2D eigenvalue weighted by molar-refractivity contribution is -0.112. The average Bonchev–Trinajstić information content (AvgIpc) is 2.64. The summed E-state index contributed by atoms with van der Waals surface area (Å²) in [4.78, 5) is 12.4. The molecule has 140 valence electrons. The number of halogens is 2. The molecule has 0 radical (unpaired) electrons. The Morgan fingerprint density at radius 1 is 1.22 bits per heavy atom. The van der Waals surface area contributed by atoms with Gasteiger partial charge < -0.3 is 14.8 Å². The van der Waals surface area contributed by atoms with Crippen molar-refractivity contribution in [2.75, 3.05) is 18.5 Å². The first-order chi connectivity index (χ1) is 13.0. The standard InChI is InChI=1S/C20H18BrClN2O3/c1-3-26-16-7-5-15(6-8-16)24-20(25)14(12-23)9-13-10-17(21)19(27-4-2)18(22)11-13/h5-11H,3-4H2,1-2H3,(H,24,25)/b14-9-. The molecule has 0 aliphatic rings. The molecule has 0 saturated carbocycles. The molecule has 27 heavy (non-hydrogen) atoms. The minimum absolute atomic E-state index is 0.0454. The molecule has 0 unspecified atom stereocenters. The van der Waals surface area contributed by atoms with Crippen LogP contribution in [0.15, 0.2) is 46.4 Å². The van der Waals surface area contributed by atoms with Gasteiger partial charge in [-0.3, -0.25) is 4.79 Å². The van der Waals surface area contributed by atoms with Gasteiger partial charge in [-0.25, -0.2) is 0 Å². The Hall–Kier alpha value is -2.49. The van der Waals surface area contributed by atoms with Crippen molar-refractivity contribution in [2.45, 2.75) is 13.8 Å². The van der Waals surface area contributed by atoms with Crippen LogP contribution in [0.25, 0.3) is 6.08 Å². The fraction of sp³-hybridized carbons (Fsp3) is 0.200. The highest BCUT2D eigenvalue weighted by molar-refractivity contribution is 9.10. The SMILES string of the molecule is CCOc1ccc(NC(=O)/C(C#N)=C\c2cc(Cl)c(OCC)c(Br)c2)cc1. The predicted octanol–water partition coefficient (Wildman–Crippen LogP) is 5.45. The first-order valence-corrected chi connectivity index (χ1v) is 9.43. The summed E-state index contributed by atoms with van der Waals surface area (Å²) in [5.41, 5.74) is 1.13. The van der Waals surface area contributed by atoms with Crippen LogP contribution < -0.4 is 14.8 Å². The fourth-order valence-electron chi connectivity index (χ4n) is 2.26. The number of carbonyl (C=O) groups excluding carboxylic acids is 1. The molecular weight excluding hydrogens is 432 g/mol. The van der Waals surface area contributed by atoms with E-state index in [1.165, 1.54) is 6.08 Å². The Bertz CT molecular complexity index is 866. The molecule has 5 nitrogen and oxygen atoms in total. The van der Waals surface area contributed by atoms with Crippen LogP contribution in [0.5, 0.6) is 11.5 Å². The van der Waals surface area contributed by atoms with E-state index in [-0.39, 0.29) is 5.57 Å². The topological polar surface area (TPSA) is 71.3 Å². The van der Waals surface area contributed by atoms with Gasteiger partial charge in [0.25, 0.3) is 5.91 Å². The molecule has 0 aromatic heterocycles. The largest absolute Gasteiger partial charge is 0.494 e. The van der Waals surface area contributed by atoms with Gasteiger partial charge in [-0.05, 0) is 77.8 Å². The van der Waals surface area contributed by atoms with Gasteiger partial charge in [0.05, 0.1) is 22.7 Å². The van der Waals surface area contributed by atoms with Crippen LogP contribution >= 0.6 is 27.5 Å². The van der Waals surface area contributed by atoms with E-state index in [9.17, 15) is 10.1 Å². The summed E-state index contributed by atoms with van der Waals surface area (Å²) in [5.74, 6) is 0.719. The Labute approximate surface area is 171 Å². The van der Waals surface area contributed by atoms with Crippen LogP contribution in [0.1, 0.15) is 19.4 Å². The third kappa shape index (κ3) is 5.75. The molecule has 0 spiro atoms. The molecule has 2 aromatic rings. The molecule has 0 aliphatic heterocycles. The zero-order valence-corrected chi connectivity index (χ0v) is 17.2. The van der Waals surface area contributed by atoms with Gasteiger partial charge in [0.2, 0.25) is 0 Å². The summed E-state index contributed by atoms with van der Waals surface area (Å²) in [5, 5.41) is 12.4. The second-order valence-electron chi connectivity index (χ2n) is 5.33. The Morgan fingerprint density at radius 3 is 2.44 bits per heavy atom. The van der Waals surface area contributed by atoms with Crippen LogP contribution in [-0.2, 0) is 4.79 Å². The number of rotatable bonds is 7. The van der Waals surface area contributed by atoms with Crippen molar-refractivity contribution in [3.05, 3.63) is 57.0 Å². The molecule has 2 rings (SSSR count). The maximum absolute atomic E-state index is 12.4. The molecule has 0 atom stereocenters. The molecule has 7 heteroatoms. The first kappa shape index (κ1) is 20.8. The molecule has 1 N–H and O–H groups in total. The van der Waals surface area contributed by atoms with Gasteiger partial charge in [0.1, 0.15) is 17.4 Å². The minimum atomic E-state index is -0.511. The van der Waals surface area contributed by atoms with E-state index in [0.717, 1.165) is 0 Å². The summed E-state index contributed by atoms with van der Waals surface area (Å²) in [7, 11) is 0. The molecule has 0 saturated heterocycles. The van der Waals surface area contributed by atoms with Crippen LogP contribution in [0.4, 0.5) is 5.69 Å². The van der Waals surface area contributed by atoms with Crippen molar-refractivity contribution < 1.29 is 14.3 Å². The molecular formula is C20H18BrClN2O3. The summed E-state index contributed by atoms with van der Waals surface area (Å²) in [6, 6.07) is 12.2. The number of hydrogen-bond acceptors (Lipinski definition) is 4. The minimum Gasteiger partial charge on any atom is -0.494 e. The molecule has 1 amide bonds. The summed E-state index contributed by atoms with van der Waals surface area (Å²) >= 11 is 9.60. The monoisotopic (exact) mass is 448 g/mol. The lowest BCUT2D eigenvalue weighted by atomic mass is 10.1. The highest BCUT2D eigenvalue weighted by Gasteiger charge is 2.12. The lowest BCUT2D eigenvalue weighted by Crippen LogP contribution is -2.13. The van der Waals surface area contributed by atoms with Crippen molar-refractivity contribution in [3.8, 4) is 17.6 Å². The number of nitrogens with zero attached hydrogens (tertiary/aromatic N) is 1. The van der Waals surface area contributed by atoms with Gasteiger partial charge in [0, 0.05) is 5.69 Å². The third-order valence-corrected chi connectivity index (χ3v) is 4.28. The number of hydrogen-bond donors (Lipinski definition) is 1. The maximum atomic E-state index is 12.4. The Balaban J connectivity index is 2.20. The van der Waals surface area contributed by atoms with Gasteiger partial charge in [-0.15, -0.1) is 0 Å². The van der Waals surface area contributed by atoms with E-state index in [1.807, 2.05) is 19.9 Å². The van der Waals surface area contributed by atoms with Crippen LogP contribution in [0.3, 0.4) is 0 Å². The van der Waals surface area contributed by atoms with E-state index in [0.29, 0.717) is 45.5 Å². The van der Waals surface area contributed by atoms with Crippen LogP contribution in [-0.4, -0.2) is 19.1 Å². The highest BCUT2D eigenvalue weighted by Crippen LogP contribution is 2.35. The van der Waals surface area contributed by atoms with Gasteiger partial charge in [-0.2, -0.15) is 5.26 Å². The average molecular weight is 450 g/mol. The Kier molecular flexibility index (Phi) is 7.71. The Morgan fingerprint density at radius 2 is 1.89 bits per heavy atom. The fourth-order valence-corrected chi connectivity index (χ4v) is 3.25. The first-order valence-electron chi connectivity index (χ1n) is 8.26. The molecule has 0 fully saturated rings. The van der Waals surface area contributed by atoms with Gasteiger partial charge in [0.15, 0.2) is 5.75 Å². The normalized spacial score (nSPS) is 10.9. The summed E-state index contributed by atoms with van der Waals surface area (Å²) in [6.07, 6.45) is 1.47. The predicted molar refractivity (Wildman–Crippen MR) is 110 cm³/mol. The quantitative estimate of drug-likeness (QED) is 0.451. The lowest BCUT2D eigenvalue weighted by Gasteiger charge is -2.09. The van der Waals surface area contributed by atoms with Gasteiger partial charge in [-0.1, -0.05) is 11.6 Å². The number of anilines is 1. The van der Waals surface area contributed by atoms with Crippen molar-refractivity contribution >= 4 is 45.2 Å². The number of nitriles is 1. The van der Waals surface area contributed by atoms with Crippen LogP contribution in [0, 0.1) is 11.3 Å². The molecule has 0 bridgehead atoms. The third-order valence-electron chi connectivity index (χ3n) is 3.41. The number of benzene rings is 2. The number of amides is 1. The summed E-state index contributed by atoms with van der Waals surface area (Å²) < 4.78 is 11.5. The zero-order valence-electron chi connectivity index (χ0n) is 14.9. The maximum Gasteiger partial charge on any atom is 0.266 e. The van der Waals surface area contributed by atoms with E-state index < -0.39 is 5.91 Å². The second kappa shape index (κ2) is 10.0. The number of carbonyl (C=O) groups is 1. The van der Waals surface area contributed by atoms with Crippen molar-refractivity contribution in [1.82, 2.24) is 0 Å². The van der Waals surface area contributed by atoms with Crippen LogP contribution in [0.2, 0.25) is 5.02 Å². The summed E-state index contributed by atoms with van der Waals surface area (Å²) in [6.45, 7) is 4.79. The van der Waals surface area contributed by atoms with Gasteiger partial charge >= 0.3 is 0 Å². The van der Waals surface area contributed by atoms with Crippen molar-refractivity contribution in [1.29, 1.82) is 5.26 Å². The zero-order chi connectivity index (χ0) is 19.8. The van der Waals surface area contributed by atoms with E-state index in [4.69, 9.17) is 21.1 Å². The second-order valence-corrected chi connectivity index (χ2v) is 6.59. The molecule has 0 heterocycles. The molecule has 2 aromatic carbocycles. The van der Waals surface area contributed by atoms with E-state index in [1.54, 1.807) is 36.4 Å². The molecule has 0 aliphatic carbocycles. The smallest absolute Gasteiger partial charge is 0.266 e. The van der Waals surface area contributed by atoms with E-state index >= 15 is 0 Å². The highest BCUT2D eigenvalue weighted by atomic mass is 79.9. The number of nitrogens with one attached hydrogen (secondary N) is 1. The number of ether oxygens (including phenoxy) is 2. The van der Waals surface area contributed by atoms with Crippen molar-refractivity contribution in [3.63, 3.8) is 0 Å².